The van der Waals surface area contributed by atoms with Crippen molar-refractivity contribution < 1.29 is 9.84 Å². The highest BCUT2D eigenvalue weighted by molar-refractivity contribution is 9.10. The molecule has 3 heteroatoms. The van der Waals surface area contributed by atoms with Crippen LogP contribution >= 0.6 is 15.9 Å². The molecule has 0 bridgehead atoms. The average molecular weight is 285 g/mol. The van der Waals surface area contributed by atoms with Gasteiger partial charge in [-0.2, -0.15) is 0 Å². The van der Waals surface area contributed by atoms with Crippen LogP contribution in [0.15, 0.2) is 28.7 Å². The first-order valence-corrected chi connectivity index (χ1v) is 6.57. The van der Waals surface area contributed by atoms with Crippen LogP contribution in [0.3, 0.4) is 0 Å². The van der Waals surface area contributed by atoms with Gasteiger partial charge in [0.25, 0.3) is 0 Å². The summed E-state index contributed by atoms with van der Waals surface area (Å²) in [5.41, 5.74) is 1.18. The van der Waals surface area contributed by atoms with E-state index in [0.717, 1.165) is 30.3 Å². The smallest absolute Gasteiger partial charge is 0.0582 e. The van der Waals surface area contributed by atoms with Crippen LogP contribution in [-0.2, 0) is 4.74 Å². The second kappa shape index (κ2) is 5.80. The molecule has 1 aromatic carbocycles. The van der Waals surface area contributed by atoms with Gasteiger partial charge in [-0.3, -0.25) is 0 Å². The van der Waals surface area contributed by atoms with Gasteiger partial charge in [0.15, 0.2) is 0 Å². The maximum absolute atomic E-state index is 9.49. The summed E-state index contributed by atoms with van der Waals surface area (Å²) < 4.78 is 6.70. The van der Waals surface area contributed by atoms with E-state index >= 15 is 0 Å². The summed E-state index contributed by atoms with van der Waals surface area (Å²) in [5, 5.41) is 9.49. The molecule has 0 radical (unpaired) electrons. The minimum absolute atomic E-state index is 0.179. The summed E-state index contributed by atoms with van der Waals surface area (Å²) in [6.45, 7) is 1.06. The molecular weight excluding hydrogens is 268 g/mol. The molecule has 0 amide bonds. The summed E-state index contributed by atoms with van der Waals surface area (Å²) in [6.07, 6.45) is 3.52. The van der Waals surface area contributed by atoms with Crippen molar-refractivity contribution in [1.82, 2.24) is 0 Å². The number of rotatable bonds is 4. The van der Waals surface area contributed by atoms with E-state index in [1.807, 2.05) is 18.2 Å². The Labute approximate surface area is 105 Å². The number of ether oxygens (including phenoxy) is 1. The molecule has 2 nitrogen and oxygen atoms in total. The predicted molar refractivity (Wildman–Crippen MR) is 67.6 cm³/mol. The van der Waals surface area contributed by atoms with Crippen LogP contribution in [0, 0.1) is 0 Å². The topological polar surface area (TPSA) is 29.5 Å². The number of aliphatic hydroxyl groups is 1. The third-order valence-electron chi connectivity index (χ3n) is 3.14. The summed E-state index contributed by atoms with van der Waals surface area (Å²) in [7, 11) is 0. The summed E-state index contributed by atoms with van der Waals surface area (Å²) >= 11 is 3.54. The molecule has 2 rings (SSSR count). The first kappa shape index (κ1) is 12.1. The van der Waals surface area contributed by atoms with E-state index < -0.39 is 0 Å². The third-order valence-corrected chi connectivity index (χ3v) is 3.86. The molecule has 1 N–H and O–H groups in total. The maximum atomic E-state index is 9.49. The van der Waals surface area contributed by atoms with Gasteiger partial charge in [0.2, 0.25) is 0 Å². The monoisotopic (exact) mass is 284 g/mol. The number of hydrogen-bond donors (Lipinski definition) is 1. The molecule has 1 aliphatic rings. The van der Waals surface area contributed by atoms with E-state index in [-0.39, 0.29) is 12.5 Å². The van der Waals surface area contributed by atoms with Crippen LogP contribution in [-0.4, -0.2) is 24.4 Å². The molecule has 2 atom stereocenters. The Bertz CT molecular complexity index is 334. The Balaban J connectivity index is 2.06. The molecule has 16 heavy (non-hydrogen) atoms. The highest BCUT2D eigenvalue weighted by atomic mass is 79.9. The van der Waals surface area contributed by atoms with Crippen molar-refractivity contribution in [2.75, 3.05) is 13.2 Å². The van der Waals surface area contributed by atoms with Crippen LogP contribution < -0.4 is 0 Å². The van der Waals surface area contributed by atoms with Crippen LogP contribution in [0.1, 0.15) is 30.7 Å². The van der Waals surface area contributed by atoms with Gasteiger partial charge in [-0.05, 0) is 30.9 Å². The predicted octanol–water partition coefficient (Wildman–Crippen LogP) is 3.09. The lowest BCUT2D eigenvalue weighted by Gasteiger charge is -2.19. The van der Waals surface area contributed by atoms with Crippen molar-refractivity contribution in [1.29, 1.82) is 0 Å². The van der Waals surface area contributed by atoms with Gasteiger partial charge in [0, 0.05) is 17.0 Å². The van der Waals surface area contributed by atoms with E-state index in [9.17, 15) is 5.11 Å². The molecule has 2 unspecified atom stereocenters. The highest BCUT2D eigenvalue weighted by Gasteiger charge is 2.22. The molecule has 1 heterocycles. The van der Waals surface area contributed by atoms with Gasteiger partial charge < -0.3 is 9.84 Å². The van der Waals surface area contributed by atoms with Crippen molar-refractivity contribution in [3.05, 3.63) is 34.3 Å². The average Bonchev–Trinajstić information content (AvgIpc) is 2.80. The lowest BCUT2D eigenvalue weighted by Crippen LogP contribution is -2.14. The first-order chi connectivity index (χ1) is 7.81. The Morgan fingerprint density at radius 3 is 2.88 bits per heavy atom. The van der Waals surface area contributed by atoms with Crippen molar-refractivity contribution >= 4 is 15.9 Å². The molecule has 88 valence electrons. The van der Waals surface area contributed by atoms with Gasteiger partial charge in [0.05, 0.1) is 12.7 Å². The molecule has 1 saturated heterocycles. The Hall–Kier alpha value is -0.380. The Morgan fingerprint density at radius 2 is 2.25 bits per heavy atom. The van der Waals surface area contributed by atoms with Gasteiger partial charge in [-0.1, -0.05) is 34.1 Å². The number of hydrogen-bond acceptors (Lipinski definition) is 2. The van der Waals surface area contributed by atoms with Gasteiger partial charge in [0.1, 0.15) is 0 Å². The quantitative estimate of drug-likeness (QED) is 0.921. The van der Waals surface area contributed by atoms with Crippen molar-refractivity contribution in [2.24, 2.45) is 0 Å². The largest absolute Gasteiger partial charge is 0.396 e. The second-order valence-corrected chi connectivity index (χ2v) is 5.13. The molecule has 0 spiro atoms. The fourth-order valence-electron chi connectivity index (χ4n) is 2.25. The second-order valence-electron chi connectivity index (χ2n) is 4.27. The molecule has 1 aliphatic heterocycles. The minimum atomic E-state index is 0.179. The molecular formula is C13H17BrO2. The van der Waals surface area contributed by atoms with E-state index in [1.54, 1.807) is 0 Å². The first-order valence-electron chi connectivity index (χ1n) is 5.78. The summed E-state index contributed by atoms with van der Waals surface area (Å²) in [6, 6.07) is 8.10. The van der Waals surface area contributed by atoms with Gasteiger partial charge in [-0.15, -0.1) is 0 Å². The van der Waals surface area contributed by atoms with E-state index in [0.29, 0.717) is 6.10 Å². The SMILES string of the molecule is OCC(CC1CCCO1)c1ccccc1Br. The normalized spacial score (nSPS) is 22.2. The molecule has 0 aromatic heterocycles. The third kappa shape index (κ3) is 2.84. The standard InChI is InChI=1S/C13H17BrO2/c14-13-6-2-1-5-12(13)10(9-15)8-11-4-3-7-16-11/h1-2,5-6,10-11,15H,3-4,7-9H2. The number of halogens is 1. The van der Waals surface area contributed by atoms with Crippen molar-refractivity contribution in [3.8, 4) is 0 Å². The zero-order valence-electron chi connectivity index (χ0n) is 9.23. The highest BCUT2D eigenvalue weighted by Crippen LogP contribution is 2.30. The van der Waals surface area contributed by atoms with Crippen molar-refractivity contribution in [3.63, 3.8) is 0 Å². The summed E-state index contributed by atoms with van der Waals surface area (Å²) in [5.74, 6) is 0.179. The lowest BCUT2D eigenvalue weighted by molar-refractivity contribution is 0.0897. The van der Waals surface area contributed by atoms with Gasteiger partial charge >= 0.3 is 0 Å². The van der Waals surface area contributed by atoms with Crippen LogP contribution in [0.2, 0.25) is 0 Å². The van der Waals surface area contributed by atoms with Crippen LogP contribution in [0.5, 0.6) is 0 Å². The molecule has 0 aliphatic carbocycles. The summed E-state index contributed by atoms with van der Waals surface area (Å²) in [4.78, 5) is 0. The van der Waals surface area contributed by atoms with Gasteiger partial charge in [-0.25, -0.2) is 0 Å². The van der Waals surface area contributed by atoms with Crippen molar-refractivity contribution in [2.45, 2.75) is 31.3 Å². The Kier molecular flexibility index (Phi) is 4.38. The number of benzene rings is 1. The van der Waals surface area contributed by atoms with E-state index in [1.165, 1.54) is 5.56 Å². The minimum Gasteiger partial charge on any atom is -0.396 e. The van der Waals surface area contributed by atoms with Crippen LogP contribution in [0.25, 0.3) is 0 Å². The number of aliphatic hydroxyl groups excluding tert-OH is 1. The molecule has 1 aromatic rings. The van der Waals surface area contributed by atoms with E-state index in [4.69, 9.17) is 4.74 Å². The maximum Gasteiger partial charge on any atom is 0.0582 e. The zero-order valence-corrected chi connectivity index (χ0v) is 10.8. The molecule has 1 fully saturated rings. The Morgan fingerprint density at radius 1 is 1.44 bits per heavy atom. The fourth-order valence-corrected chi connectivity index (χ4v) is 2.86. The van der Waals surface area contributed by atoms with E-state index in [2.05, 4.69) is 22.0 Å². The van der Waals surface area contributed by atoms with Crippen LogP contribution in [0.4, 0.5) is 0 Å². The zero-order chi connectivity index (χ0) is 11.4. The lowest BCUT2D eigenvalue weighted by atomic mass is 9.93. The molecule has 0 saturated carbocycles. The fraction of sp³-hybridized carbons (Fsp3) is 0.538.